The Balaban J connectivity index is 1.49. The Labute approximate surface area is 211 Å². The standard InChI is InChI=1S/C23H23FN6O4S2/c1-23(5-6-23)27-36(33,34)19-8-17-20(31)29(13-15-10-26-28(2)11-15)22(32)30(21(17)35-19)12-14-3-4-18(24)16(7-14)9-25/h3-4,7-8,10-11,17,21,27H,5-6,12-13H2,1-2H3. The van der Waals surface area contributed by atoms with Gasteiger partial charge in [0, 0.05) is 30.9 Å². The molecule has 2 fully saturated rings. The molecule has 36 heavy (non-hydrogen) atoms. The van der Waals surface area contributed by atoms with E-state index in [1.54, 1.807) is 30.2 Å². The fraction of sp³-hybridized carbons (Fsp3) is 0.391. The molecule has 1 saturated heterocycles. The van der Waals surface area contributed by atoms with E-state index in [9.17, 15) is 27.7 Å². The fourth-order valence-electron chi connectivity index (χ4n) is 4.26. The summed E-state index contributed by atoms with van der Waals surface area (Å²) in [6.45, 7) is 1.75. The first-order valence-corrected chi connectivity index (χ1v) is 13.6. The number of sulfonamides is 1. The van der Waals surface area contributed by atoms with E-state index in [0.717, 1.165) is 35.6 Å². The topological polar surface area (TPSA) is 128 Å². The zero-order valence-corrected chi connectivity index (χ0v) is 21.1. The molecule has 1 aromatic carbocycles. The van der Waals surface area contributed by atoms with Crippen LogP contribution >= 0.6 is 11.8 Å². The average molecular weight is 531 g/mol. The van der Waals surface area contributed by atoms with Gasteiger partial charge in [0.1, 0.15) is 21.5 Å². The van der Waals surface area contributed by atoms with Crippen molar-refractivity contribution in [3.63, 3.8) is 0 Å². The van der Waals surface area contributed by atoms with Gasteiger partial charge in [0.15, 0.2) is 0 Å². The van der Waals surface area contributed by atoms with Gasteiger partial charge in [-0.15, -0.1) is 0 Å². The number of aromatic nitrogens is 2. The van der Waals surface area contributed by atoms with E-state index >= 15 is 0 Å². The number of hydrogen-bond donors (Lipinski definition) is 1. The number of amides is 3. The van der Waals surface area contributed by atoms with Crippen molar-refractivity contribution in [3.05, 3.63) is 63.4 Å². The highest BCUT2D eigenvalue weighted by Gasteiger charge is 2.52. The summed E-state index contributed by atoms with van der Waals surface area (Å²) in [5, 5.41) is 12.5. The first-order valence-electron chi connectivity index (χ1n) is 11.2. The van der Waals surface area contributed by atoms with Gasteiger partial charge in [0.05, 0.1) is 24.2 Å². The van der Waals surface area contributed by atoms with Crippen LogP contribution in [0, 0.1) is 23.1 Å². The molecule has 10 nitrogen and oxygen atoms in total. The maximum atomic E-state index is 13.9. The molecule has 0 bridgehead atoms. The van der Waals surface area contributed by atoms with Gasteiger partial charge in [-0.25, -0.2) is 22.3 Å². The average Bonchev–Trinajstić information content (AvgIpc) is 3.20. The number of urea groups is 1. The quantitative estimate of drug-likeness (QED) is 0.582. The van der Waals surface area contributed by atoms with E-state index in [2.05, 4.69) is 9.82 Å². The van der Waals surface area contributed by atoms with E-state index < -0.39 is 44.6 Å². The number of carbonyl (C=O) groups excluding carboxylic acids is 2. The van der Waals surface area contributed by atoms with Crippen molar-refractivity contribution in [1.29, 1.82) is 5.26 Å². The van der Waals surface area contributed by atoms with Crippen LogP contribution in [-0.4, -0.2) is 50.8 Å². The smallest absolute Gasteiger partial charge is 0.306 e. The van der Waals surface area contributed by atoms with E-state index in [-0.39, 0.29) is 22.9 Å². The summed E-state index contributed by atoms with van der Waals surface area (Å²) in [6.07, 6.45) is 6.10. The van der Waals surface area contributed by atoms with Crippen LogP contribution in [0.25, 0.3) is 0 Å². The molecule has 0 spiro atoms. The number of aryl methyl sites for hydroxylation is 1. The maximum absolute atomic E-state index is 13.9. The number of thioether (sulfide) groups is 1. The van der Waals surface area contributed by atoms with Crippen molar-refractivity contribution in [2.45, 2.75) is 43.8 Å². The van der Waals surface area contributed by atoms with E-state index in [1.165, 1.54) is 23.1 Å². The van der Waals surface area contributed by atoms with Crippen LogP contribution in [-0.2, 0) is 35.0 Å². The van der Waals surface area contributed by atoms with Crippen LogP contribution < -0.4 is 4.72 Å². The minimum Gasteiger partial charge on any atom is -0.306 e. The van der Waals surface area contributed by atoms with Gasteiger partial charge in [0.2, 0.25) is 15.9 Å². The summed E-state index contributed by atoms with van der Waals surface area (Å²) in [5.41, 5.74) is 0.453. The molecule has 2 aromatic rings. The van der Waals surface area contributed by atoms with E-state index in [0.29, 0.717) is 11.1 Å². The number of hydrogen-bond acceptors (Lipinski definition) is 7. The monoisotopic (exact) mass is 530 g/mol. The lowest BCUT2D eigenvalue weighted by Gasteiger charge is -2.41. The van der Waals surface area contributed by atoms with Gasteiger partial charge in [0.25, 0.3) is 0 Å². The van der Waals surface area contributed by atoms with Crippen molar-refractivity contribution >= 4 is 33.7 Å². The summed E-state index contributed by atoms with van der Waals surface area (Å²) in [6, 6.07) is 5.13. The van der Waals surface area contributed by atoms with Gasteiger partial charge in [-0.3, -0.25) is 14.4 Å². The molecule has 5 rings (SSSR count). The molecule has 13 heteroatoms. The van der Waals surface area contributed by atoms with E-state index in [4.69, 9.17) is 0 Å². The van der Waals surface area contributed by atoms with Crippen LogP contribution in [0.1, 0.15) is 36.5 Å². The Morgan fingerprint density at radius 2 is 2.03 bits per heavy atom. The van der Waals surface area contributed by atoms with E-state index in [1.807, 2.05) is 6.92 Å². The van der Waals surface area contributed by atoms with Crippen LogP contribution in [0.3, 0.4) is 0 Å². The third kappa shape index (κ3) is 4.52. The van der Waals surface area contributed by atoms with Gasteiger partial charge < -0.3 is 4.90 Å². The second-order valence-electron chi connectivity index (χ2n) is 9.47. The Morgan fingerprint density at radius 1 is 1.28 bits per heavy atom. The third-order valence-electron chi connectivity index (χ3n) is 6.44. The normalized spacial score (nSPS) is 22.9. The molecule has 2 unspecified atom stereocenters. The number of nitriles is 1. The van der Waals surface area contributed by atoms with Crippen molar-refractivity contribution < 1.29 is 22.4 Å². The number of halogens is 1. The number of nitrogens with one attached hydrogen (secondary N) is 1. The second-order valence-corrected chi connectivity index (χ2v) is 12.5. The summed E-state index contributed by atoms with van der Waals surface area (Å²) in [7, 11) is -2.16. The van der Waals surface area contributed by atoms with Crippen molar-refractivity contribution in [2.75, 3.05) is 0 Å². The molecule has 3 heterocycles. The van der Waals surface area contributed by atoms with Crippen LogP contribution in [0.2, 0.25) is 0 Å². The second kappa shape index (κ2) is 8.72. The Hall–Kier alpha value is -3.21. The Kier molecular flexibility index (Phi) is 5.93. The molecular weight excluding hydrogens is 507 g/mol. The molecule has 2 atom stereocenters. The van der Waals surface area contributed by atoms with Crippen molar-refractivity contribution in [1.82, 2.24) is 24.3 Å². The Morgan fingerprint density at radius 3 is 2.67 bits per heavy atom. The molecule has 1 saturated carbocycles. The maximum Gasteiger partial charge on any atom is 0.328 e. The molecular formula is C23H23FN6O4S2. The Bertz CT molecular complexity index is 1440. The highest BCUT2D eigenvalue weighted by molar-refractivity contribution is 8.18. The largest absolute Gasteiger partial charge is 0.328 e. The fourth-order valence-corrected chi connectivity index (χ4v) is 7.56. The molecule has 1 aromatic heterocycles. The molecule has 3 amide bonds. The van der Waals surface area contributed by atoms with Gasteiger partial charge in [-0.05, 0) is 43.5 Å². The molecule has 1 N–H and O–H groups in total. The number of benzene rings is 1. The number of nitrogens with zero attached hydrogens (tertiary/aromatic N) is 5. The summed E-state index contributed by atoms with van der Waals surface area (Å²) in [5.74, 6) is -2.07. The zero-order chi connectivity index (χ0) is 25.8. The predicted octanol–water partition coefficient (Wildman–Crippen LogP) is 2.40. The number of rotatable bonds is 7. The lowest BCUT2D eigenvalue weighted by Crippen LogP contribution is -2.58. The SMILES string of the molecule is Cn1cc(CN2C(=O)C3C=C(S(=O)(=O)NC4(C)CC4)SC3N(Cc3ccc(F)c(C#N)c3)C2=O)cn1. The minimum atomic E-state index is -3.88. The highest BCUT2D eigenvalue weighted by atomic mass is 32.3. The first kappa shape index (κ1) is 24.5. The van der Waals surface area contributed by atoms with Gasteiger partial charge in [-0.1, -0.05) is 17.8 Å². The zero-order valence-electron chi connectivity index (χ0n) is 19.5. The van der Waals surface area contributed by atoms with Crippen molar-refractivity contribution in [2.24, 2.45) is 13.0 Å². The third-order valence-corrected chi connectivity index (χ3v) is 9.98. The summed E-state index contributed by atoms with van der Waals surface area (Å²) in [4.78, 5) is 29.5. The molecule has 188 valence electrons. The molecule has 3 aliphatic rings. The number of carbonyl (C=O) groups is 2. The van der Waals surface area contributed by atoms with Gasteiger partial charge >= 0.3 is 6.03 Å². The first-order chi connectivity index (χ1) is 17.0. The van der Waals surface area contributed by atoms with Gasteiger partial charge in [-0.2, -0.15) is 10.4 Å². The van der Waals surface area contributed by atoms with Crippen LogP contribution in [0.5, 0.6) is 0 Å². The van der Waals surface area contributed by atoms with Crippen molar-refractivity contribution in [3.8, 4) is 6.07 Å². The molecule has 1 aliphatic carbocycles. The lowest BCUT2D eigenvalue weighted by molar-refractivity contribution is -0.135. The minimum absolute atomic E-state index is 0.00294. The highest BCUT2D eigenvalue weighted by Crippen LogP contribution is 2.46. The summed E-state index contributed by atoms with van der Waals surface area (Å²) >= 11 is 0.943. The summed E-state index contributed by atoms with van der Waals surface area (Å²) < 4.78 is 44.2. The predicted molar refractivity (Wildman–Crippen MR) is 128 cm³/mol. The van der Waals surface area contributed by atoms with Crippen LogP contribution in [0.15, 0.2) is 40.9 Å². The lowest BCUT2D eigenvalue weighted by atomic mass is 10.0. The number of imide groups is 1. The van der Waals surface area contributed by atoms with Crippen LogP contribution in [0.4, 0.5) is 9.18 Å². The molecule has 2 aliphatic heterocycles. The number of fused-ring (bicyclic) bond motifs is 1. The molecule has 0 radical (unpaired) electrons.